The molecule has 0 atom stereocenters. The van der Waals surface area contributed by atoms with Crippen molar-refractivity contribution in [3.8, 4) is 5.75 Å². The van der Waals surface area contributed by atoms with Gasteiger partial charge in [-0.3, -0.25) is 4.79 Å². The molecule has 0 unspecified atom stereocenters. The summed E-state index contributed by atoms with van der Waals surface area (Å²) in [6.45, 7) is 1.73. The number of anilines is 1. The highest BCUT2D eigenvalue weighted by Crippen LogP contribution is 2.21. The number of amides is 1. The van der Waals surface area contributed by atoms with Gasteiger partial charge in [-0.1, -0.05) is 24.3 Å². The number of phenols is 1. The number of aromatic carboxylic acids is 1. The Kier molecular flexibility index (Phi) is 4.23. The van der Waals surface area contributed by atoms with Gasteiger partial charge in [-0.25, -0.2) is 4.79 Å². The molecule has 0 aliphatic carbocycles. The number of hydrogen-bond donors (Lipinski definition) is 3. The van der Waals surface area contributed by atoms with Crippen molar-refractivity contribution in [1.82, 2.24) is 0 Å². The highest BCUT2D eigenvalue weighted by atomic mass is 16.4. The summed E-state index contributed by atoms with van der Waals surface area (Å²) < 4.78 is 0. The number of aryl methyl sites for hydroxylation is 1. The summed E-state index contributed by atoms with van der Waals surface area (Å²) in [6, 6.07) is 11.2. The molecule has 0 radical (unpaired) electrons. The standard InChI is InChI=1S/C16H15NO4/c1-10-4-2-7-13(16(20)21)15(10)17-14(19)9-11-5-3-6-12(18)8-11/h2-8,18H,9H2,1H3,(H,17,19)(H,20,21). The molecule has 0 saturated heterocycles. The van der Waals surface area contributed by atoms with Gasteiger partial charge in [-0.2, -0.15) is 0 Å². The van der Waals surface area contributed by atoms with E-state index in [-0.39, 0.29) is 23.6 Å². The Hall–Kier alpha value is -2.82. The highest BCUT2D eigenvalue weighted by molar-refractivity contribution is 6.01. The van der Waals surface area contributed by atoms with Crippen LogP contribution in [0.1, 0.15) is 21.5 Å². The molecule has 5 heteroatoms. The molecule has 5 nitrogen and oxygen atoms in total. The number of rotatable bonds is 4. The van der Waals surface area contributed by atoms with Crippen LogP contribution >= 0.6 is 0 Å². The van der Waals surface area contributed by atoms with Crippen LogP contribution in [0, 0.1) is 6.92 Å². The average molecular weight is 285 g/mol. The Morgan fingerprint density at radius 3 is 2.52 bits per heavy atom. The smallest absolute Gasteiger partial charge is 0.337 e. The summed E-state index contributed by atoms with van der Waals surface area (Å²) in [6.07, 6.45) is 0.0573. The minimum Gasteiger partial charge on any atom is -0.508 e. The van der Waals surface area contributed by atoms with E-state index in [0.717, 1.165) is 0 Å². The van der Waals surface area contributed by atoms with E-state index < -0.39 is 5.97 Å². The number of carboxylic acids is 1. The average Bonchev–Trinajstić information content (AvgIpc) is 2.40. The molecule has 2 rings (SSSR count). The van der Waals surface area contributed by atoms with Gasteiger partial charge in [-0.15, -0.1) is 0 Å². The normalized spacial score (nSPS) is 10.1. The second-order valence-electron chi connectivity index (χ2n) is 4.70. The third-order valence-electron chi connectivity index (χ3n) is 3.04. The number of aromatic hydroxyl groups is 1. The number of nitrogens with one attached hydrogen (secondary N) is 1. The summed E-state index contributed by atoms with van der Waals surface area (Å²) in [5, 5.41) is 21.1. The lowest BCUT2D eigenvalue weighted by Gasteiger charge is -2.11. The van der Waals surface area contributed by atoms with E-state index in [1.807, 2.05) is 0 Å². The fourth-order valence-corrected chi connectivity index (χ4v) is 2.05. The van der Waals surface area contributed by atoms with Crippen molar-refractivity contribution in [3.05, 3.63) is 59.2 Å². The van der Waals surface area contributed by atoms with Crippen molar-refractivity contribution in [1.29, 1.82) is 0 Å². The maximum Gasteiger partial charge on any atom is 0.337 e. The number of carboxylic acid groups (broad SMARTS) is 1. The number of benzene rings is 2. The van der Waals surface area contributed by atoms with Crippen LogP contribution in [-0.2, 0) is 11.2 Å². The van der Waals surface area contributed by atoms with Gasteiger partial charge < -0.3 is 15.5 Å². The van der Waals surface area contributed by atoms with Gasteiger partial charge in [0, 0.05) is 0 Å². The van der Waals surface area contributed by atoms with Crippen molar-refractivity contribution in [2.24, 2.45) is 0 Å². The molecule has 0 heterocycles. The van der Waals surface area contributed by atoms with E-state index in [4.69, 9.17) is 5.11 Å². The maximum atomic E-state index is 12.0. The highest BCUT2D eigenvalue weighted by Gasteiger charge is 2.14. The predicted octanol–water partition coefficient (Wildman–Crippen LogP) is 2.58. The van der Waals surface area contributed by atoms with Gasteiger partial charge >= 0.3 is 5.97 Å². The van der Waals surface area contributed by atoms with Crippen LogP contribution in [0.2, 0.25) is 0 Å². The molecule has 0 aliphatic rings. The zero-order valence-electron chi connectivity index (χ0n) is 11.5. The second-order valence-corrected chi connectivity index (χ2v) is 4.70. The van der Waals surface area contributed by atoms with Crippen molar-refractivity contribution in [2.75, 3.05) is 5.32 Å². The van der Waals surface area contributed by atoms with Gasteiger partial charge in [0.1, 0.15) is 5.75 Å². The number of para-hydroxylation sites is 1. The van der Waals surface area contributed by atoms with Crippen LogP contribution in [0.4, 0.5) is 5.69 Å². The number of phenolic OH excluding ortho intramolecular Hbond substituents is 1. The Labute approximate surface area is 121 Å². The van der Waals surface area contributed by atoms with E-state index in [9.17, 15) is 14.7 Å². The van der Waals surface area contributed by atoms with Crippen LogP contribution in [-0.4, -0.2) is 22.1 Å². The summed E-state index contributed by atoms with van der Waals surface area (Å²) >= 11 is 0. The molecule has 2 aromatic rings. The Morgan fingerprint density at radius 2 is 1.86 bits per heavy atom. The van der Waals surface area contributed by atoms with Gasteiger partial charge in [0.15, 0.2) is 0 Å². The Balaban J connectivity index is 2.18. The SMILES string of the molecule is Cc1cccc(C(=O)O)c1NC(=O)Cc1cccc(O)c1. The fourth-order valence-electron chi connectivity index (χ4n) is 2.05. The topological polar surface area (TPSA) is 86.6 Å². The van der Waals surface area contributed by atoms with Crippen LogP contribution in [0.5, 0.6) is 5.75 Å². The first-order valence-corrected chi connectivity index (χ1v) is 6.38. The quantitative estimate of drug-likeness (QED) is 0.805. The second kappa shape index (κ2) is 6.09. The molecule has 2 aromatic carbocycles. The molecule has 1 amide bonds. The summed E-state index contributed by atoms with van der Waals surface area (Å²) in [5.41, 5.74) is 1.69. The molecule has 0 bridgehead atoms. The molecule has 21 heavy (non-hydrogen) atoms. The molecule has 0 spiro atoms. The summed E-state index contributed by atoms with van der Waals surface area (Å²) in [5.74, 6) is -1.34. The molecule has 3 N–H and O–H groups in total. The van der Waals surface area contributed by atoms with Crippen LogP contribution in [0.25, 0.3) is 0 Å². The zero-order valence-corrected chi connectivity index (χ0v) is 11.5. The van der Waals surface area contributed by atoms with E-state index in [0.29, 0.717) is 16.8 Å². The summed E-state index contributed by atoms with van der Waals surface area (Å²) in [4.78, 5) is 23.2. The molecular weight excluding hydrogens is 270 g/mol. The van der Waals surface area contributed by atoms with Crippen LogP contribution < -0.4 is 5.32 Å². The third-order valence-corrected chi connectivity index (χ3v) is 3.04. The Bertz CT molecular complexity index is 694. The maximum absolute atomic E-state index is 12.0. The third kappa shape index (κ3) is 3.60. The predicted molar refractivity (Wildman–Crippen MR) is 78.6 cm³/mol. The lowest BCUT2D eigenvalue weighted by Crippen LogP contribution is -2.17. The monoisotopic (exact) mass is 285 g/mol. The zero-order chi connectivity index (χ0) is 15.4. The minimum atomic E-state index is -1.09. The minimum absolute atomic E-state index is 0.0549. The largest absolute Gasteiger partial charge is 0.508 e. The van der Waals surface area contributed by atoms with Gasteiger partial charge in [0.2, 0.25) is 5.91 Å². The van der Waals surface area contributed by atoms with Gasteiger partial charge in [0.05, 0.1) is 17.7 Å². The van der Waals surface area contributed by atoms with Crippen molar-refractivity contribution >= 4 is 17.6 Å². The first-order valence-electron chi connectivity index (χ1n) is 6.38. The van der Waals surface area contributed by atoms with Gasteiger partial charge in [0.25, 0.3) is 0 Å². The van der Waals surface area contributed by atoms with E-state index in [2.05, 4.69) is 5.32 Å². The first kappa shape index (κ1) is 14.6. The van der Waals surface area contributed by atoms with Crippen molar-refractivity contribution < 1.29 is 19.8 Å². The van der Waals surface area contributed by atoms with Crippen LogP contribution in [0.3, 0.4) is 0 Å². The number of hydrogen-bond acceptors (Lipinski definition) is 3. The molecule has 0 aliphatic heterocycles. The molecule has 108 valence electrons. The van der Waals surface area contributed by atoms with Crippen molar-refractivity contribution in [3.63, 3.8) is 0 Å². The number of carbonyl (C=O) groups is 2. The lowest BCUT2D eigenvalue weighted by molar-refractivity contribution is -0.115. The van der Waals surface area contributed by atoms with Crippen molar-refractivity contribution in [2.45, 2.75) is 13.3 Å². The van der Waals surface area contributed by atoms with Gasteiger partial charge in [-0.05, 0) is 36.2 Å². The van der Waals surface area contributed by atoms with E-state index in [1.165, 1.54) is 18.2 Å². The summed E-state index contributed by atoms with van der Waals surface area (Å²) in [7, 11) is 0. The number of carbonyl (C=O) groups excluding carboxylic acids is 1. The molecule has 0 fully saturated rings. The van der Waals surface area contributed by atoms with Crippen LogP contribution in [0.15, 0.2) is 42.5 Å². The first-order chi connectivity index (χ1) is 9.97. The molecular formula is C16H15NO4. The van der Waals surface area contributed by atoms with E-state index >= 15 is 0 Å². The molecule has 0 aromatic heterocycles. The lowest BCUT2D eigenvalue weighted by atomic mass is 10.1. The fraction of sp³-hybridized carbons (Fsp3) is 0.125. The Morgan fingerprint density at radius 1 is 1.14 bits per heavy atom. The van der Waals surface area contributed by atoms with E-state index in [1.54, 1.807) is 31.2 Å². The molecule has 0 saturated carbocycles.